The van der Waals surface area contributed by atoms with Crippen molar-refractivity contribution in [3.8, 4) is 0 Å². The Hall–Kier alpha value is -2.04. The fraction of sp³-hybridized carbons (Fsp3) is 0.350. The fourth-order valence-electron chi connectivity index (χ4n) is 3.13. The number of amides is 1. The lowest BCUT2D eigenvalue weighted by molar-refractivity contribution is 0.102. The minimum atomic E-state index is -0.135. The van der Waals surface area contributed by atoms with Crippen LogP contribution in [0.2, 0.25) is 5.02 Å². The number of anilines is 2. The Balaban J connectivity index is 1.79. The lowest BCUT2D eigenvalue weighted by Gasteiger charge is -2.30. The molecule has 132 valence electrons. The third-order valence-corrected chi connectivity index (χ3v) is 4.67. The SMILES string of the molecule is COCc1ccc(C(=O)Nc2cc(Cl)ccc2N2CCCCC2)cc1. The summed E-state index contributed by atoms with van der Waals surface area (Å²) in [4.78, 5) is 14.9. The minimum absolute atomic E-state index is 0.135. The van der Waals surface area contributed by atoms with Gasteiger partial charge in [0.05, 0.1) is 18.0 Å². The van der Waals surface area contributed by atoms with E-state index in [0.29, 0.717) is 17.2 Å². The predicted octanol–water partition coefficient (Wildman–Crippen LogP) is 4.73. The van der Waals surface area contributed by atoms with Gasteiger partial charge in [0.2, 0.25) is 0 Å². The van der Waals surface area contributed by atoms with Gasteiger partial charge in [-0.1, -0.05) is 23.7 Å². The third-order valence-electron chi connectivity index (χ3n) is 4.43. The van der Waals surface area contributed by atoms with Gasteiger partial charge in [0.25, 0.3) is 5.91 Å². The van der Waals surface area contributed by atoms with Crippen molar-refractivity contribution in [2.45, 2.75) is 25.9 Å². The van der Waals surface area contributed by atoms with Crippen LogP contribution in [-0.2, 0) is 11.3 Å². The van der Waals surface area contributed by atoms with Gasteiger partial charge < -0.3 is 15.0 Å². The van der Waals surface area contributed by atoms with E-state index in [-0.39, 0.29) is 5.91 Å². The van der Waals surface area contributed by atoms with Crippen LogP contribution in [0.1, 0.15) is 35.2 Å². The molecule has 0 aromatic heterocycles. The number of ether oxygens (including phenoxy) is 1. The van der Waals surface area contributed by atoms with E-state index in [2.05, 4.69) is 10.2 Å². The topological polar surface area (TPSA) is 41.6 Å². The standard InChI is InChI=1S/C20H23ClN2O2/c1-25-14-15-5-7-16(8-6-15)20(24)22-18-13-17(21)9-10-19(18)23-11-3-2-4-12-23/h5-10,13H,2-4,11-12,14H2,1H3,(H,22,24). The quantitative estimate of drug-likeness (QED) is 0.840. The van der Waals surface area contributed by atoms with Gasteiger partial charge in [0.15, 0.2) is 0 Å². The third kappa shape index (κ3) is 4.53. The van der Waals surface area contributed by atoms with Crippen molar-refractivity contribution in [1.29, 1.82) is 0 Å². The number of halogens is 1. The summed E-state index contributed by atoms with van der Waals surface area (Å²) >= 11 is 6.16. The molecule has 2 aromatic carbocycles. The van der Waals surface area contributed by atoms with E-state index in [1.165, 1.54) is 19.3 Å². The first-order valence-electron chi connectivity index (χ1n) is 8.61. The lowest BCUT2D eigenvalue weighted by Crippen LogP contribution is -2.30. The maximum absolute atomic E-state index is 12.6. The molecule has 1 fully saturated rings. The predicted molar refractivity (Wildman–Crippen MR) is 103 cm³/mol. The Labute approximate surface area is 153 Å². The van der Waals surface area contributed by atoms with Gasteiger partial charge in [-0.3, -0.25) is 4.79 Å². The van der Waals surface area contributed by atoms with Gasteiger partial charge in [-0.2, -0.15) is 0 Å². The summed E-state index contributed by atoms with van der Waals surface area (Å²) in [6.07, 6.45) is 3.62. The average Bonchev–Trinajstić information content (AvgIpc) is 2.63. The highest BCUT2D eigenvalue weighted by molar-refractivity contribution is 6.31. The second-order valence-electron chi connectivity index (χ2n) is 6.29. The molecule has 0 bridgehead atoms. The van der Waals surface area contributed by atoms with Gasteiger partial charge in [0.1, 0.15) is 0 Å². The zero-order valence-electron chi connectivity index (χ0n) is 14.4. The lowest BCUT2D eigenvalue weighted by atomic mass is 10.1. The van der Waals surface area contributed by atoms with Crippen molar-refractivity contribution >= 4 is 28.9 Å². The highest BCUT2D eigenvalue weighted by Gasteiger charge is 2.17. The van der Waals surface area contributed by atoms with Crippen LogP contribution in [0.5, 0.6) is 0 Å². The molecule has 1 heterocycles. The van der Waals surface area contributed by atoms with Crippen molar-refractivity contribution in [3.63, 3.8) is 0 Å². The Morgan fingerprint density at radius 1 is 1.12 bits per heavy atom. The first-order valence-corrected chi connectivity index (χ1v) is 8.99. The van der Waals surface area contributed by atoms with E-state index in [9.17, 15) is 4.79 Å². The summed E-state index contributed by atoms with van der Waals surface area (Å²) in [5.41, 5.74) is 3.45. The van der Waals surface area contributed by atoms with Crippen LogP contribution in [0.3, 0.4) is 0 Å². The summed E-state index contributed by atoms with van der Waals surface area (Å²) in [6, 6.07) is 13.1. The van der Waals surface area contributed by atoms with Gasteiger partial charge in [-0.15, -0.1) is 0 Å². The smallest absolute Gasteiger partial charge is 0.255 e. The summed E-state index contributed by atoms with van der Waals surface area (Å²) in [5.74, 6) is -0.135. The molecule has 0 atom stereocenters. The molecule has 1 amide bonds. The second-order valence-corrected chi connectivity index (χ2v) is 6.73. The Morgan fingerprint density at radius 3 is 2.52 bits per heavy atom. The Morgan fingerprint density at radius 2 is 1.84 bits per heavy atom. The Kier molecular flexibility index (Phi) is 5.95. The summed E-state index contributed by atoms with van der Waals surface area (Å²) in [7, 11) is 1.65. The molecule has 0 spiro atoms. The first kappa shape index (κ1) is 17.8. The number of nitrogens with zero attached hydrogens (tertiary/aromatic N) is 1. The molecule has 4 nitrogen and oxygen atoms in total. The molecule has 1 saturated heterocycles. The zero-order valence-corrected chi connectivity index (χ0v) is 15.2. The van der Waals surface area contributed by atoms with E-state index in [4.69, 9.17) is 16.3 Å². The van der Waals surface area contributed by atoms with Crippen molar-refractivity contribution in [2.75, 3.05) is 30.4 Å². The highest BCUT2D eigenvalue weighted by Crippen LogP contribution is 2.31. The van der Waals surface area contributed by atoms with E-state index in [1.807, 2.05) is 42.5 Å². The molecule has 0 saturated carbocycles. The molecule has 3 rings (SSSR count). The van der Waals surface area contributed by atoms with Crippen molar-refractivity contribution in [1.82, 2.24) is 0 Å². The molecule has 1 N–H and O–H groups in total. The number of methoxy groups -OCH3 is 1. The van der Waals surface area contributed by atoms with Gasteiger partial charge in [-0.05, 0) is 55.2 Å². The fourth-order valence-corrected chi connectivity index (χ4v) is 3.30. The maximum Gasteiger partial charge on any atom is 0.255 e. The number of piperidine rings is 1. The average molecular weight is 359 g/mol. The number of hydrogen-bond acceptors (Lipinski definition) is 3. The van der Waals surface area contributed by atoms with Crippen LogP contribution in [0, 0.1) is 0 Å². The van der Waals surface area contributed by atoms with E-state index in [1.54, 1.807) is 7.11 Å². The molecule has 0 radical (unpaired) electrons. The molecule has 2 aromatic rings. The second kappa shape index (κ2) is 8.37. The largest absolute Gasteiger partial charge is 0.380 e. The molecule has 0 unspecified atom stereocenters. The molecular formula is C20H23ClN2O2. The zero-order chi connectivity index (χ0) is 17.6. The normalized spacial score (nSPS) is 14.4. The van der Waals surface area contributed by atoms with Crippen LogP contribution >= 0.6 is 11.6 Å². The van der Waals surface area contributed by atoms with Crippen LogP contribution in [0.15, 0.2) is 42.5 Å². The van der Waals surface area contributed by atoms with E-state index >= 15 is 0 Å². The van der Waals surface area contributed by atoms with Crippen molar-refractivity contribution in [3.05, 3.63) is 58.6 Å². The Bertz CT molecular complexity index is 725. The van der Waals surface area contributed by atoms with Crippen LogP contribution in [0.4, 0.5) is 11.4 Å². The number of benzene rings is 2. The molecule has 1 aliphatic rings. The number of carbonyl (C=O) groups excluding carboxylic acids is 1. The monoisotopic (exact) mass is 358 g/mol. The van der Waals surface area contributed by atoms with Crippen molar-refractivity contribution in [2.24, 2.45) is 0 Å². The summed E-state index contributed by atoms with van der Waals surface area (Å²) in [6.45, 7) is 2.56. The maximum atomic E-state index is 12.6. The number of carbonyl (C=O) groups is 1. The van der Waals surface area contributed by atoms with Crippen molar-refractivity contribution < 1.29 is 9.53 Å². The molecule has 0 aliphatic carbocycles. The molecule has 1 aliphatic heterocycles. The van der Waals surface area contributed by atoms with Gasteiger partial charge in [-0.25, -0.2) is 0 Å². The first-order chi connectivity index (χ1) is 12.2. The van der Waals surface area contributed by atoms with Crippen LogP contribution in [0.25, 0.3) is 0 Å². The molecular weight excluding hydrogens is 336 g/mol. The van der Waals surface area contributed by atoms with Gasteiger partial charge in [0, 0.05) is 30.8 Å². The molecule has 25 heavy (non-hydrogen) atoms. The minimum Gasteiger partial charge on any atom is -0.380 e. The summed E-state index contributed by atoms with van der Waals surface area (Å²) in [5, 5.41) is 3.64. The van der Waals surface area contributed by atoms with Crippen LogP contribution < -0.4 is 10.2 Å². The van der Waals surface area contributed by atoms with E-state index < -0.39 is 0 Å². The highest BCUT2D eigenvalue weighted by atomic mass is 35.5. The molecule has 5 heteroatoms. The number of hydrogen-bond donors (Lipinski definition) is 1. The van der Waals surface area contributed by atoms with Gasteiger partial charge >= 0.3 is 0 Å². The van der Waals surface area contributed by atoms with Crippen LogP contribution in [-0.4, -0.2) is 26.1 Å². The number of rotatable bonds is 5. The van der Waals surface area contributed by atoms with E-state index in [0.717, 1.165) is 30.0 Å². The summed E-state index contributed by atoms with van der Waals surface area (Å²) < 4.78 is 5.10. The number of nitrogens with one attached hydrogen (secondary N) is 1.